The SMILES string of the molecule is O=C(O)c1occc1Cn1ccc2ccc(F)cc21. The van der Waals surface area contributed by atoms with Crippen molar-refractivity contribution in [3.05, 3.63) is 59.9 Å². The minimum atomic E-state index is -1.11. The first kappa shape index (κ1) is 11.5. The fourth-order valence-corrected chi connectivity index (χ4v) is 2.13. The van der Waals surface area contributed by atoms with Crippen molar-refractivity contribution in [2.45, 2.75) is 6.54 Å². The molecule has 96 valence electrons. The Kier molecular flexibility index (Phi) is 2.59. The lowest BCUT2D eigenvalue weighted by atomic mass is 10.2. The largest absolute Gasteiger partial charge is 0.475 e. The fraction of sp³-hybridized carbons (Fsp3) is 0.0714. The number of fused-ring (bicyclic) bond motifs is 1. The Morgan fingerprint density at radius 2 is 2.16 bits per heavy atom. The second-order valence-corrected chi connectivity index (χ2v) is 4.23. The first-order valence-electron chi connectivity index (χ1n) is 5.69. The maximum atomic E-state index is 13.3. The van der Waals surface area contributed by atoms with Crippen LogP contribution in [0.2, 0.25) is 0 Å². The van der Waals surface area contributed by atoms with E-state index >= 15 is 0 Å². The molecule has 0 spiro atoms. The Morgan fingerprint density at radius 3 is 2.95 bits per heavy atom. The summed E-state index contributed by atoms with van der Waals surface area (Å²) in [6, 6.07) is 7.97. The third-order valence-corrected chi connectivity index (χ3v) is 3.02. The number of carbonyl (C=O) groups is 1. The van der Waals surface area contributed by atoms with Crippen LogP contribution >= 0.6 is 0 Å². The maximum Gasteiger partial charge on any atom is 0.372 e. The first-order valence-corrected chi connectivity index (χ1v) is 5.69. The van der Waals surface area contributed by atoms with Crippen LogP contribution in [0, 0.1) is 5.82 Å². The molecule has 0 saturated carbocycles. The van der Waals surface area contributed by atoms with Crippen molar-refractivity contribution < 1.29 is 18.7 Å². The van der Waals surface area contributed by atoms with Crippen LogP contribution in [-0.2, 0) is 6.54 Å². The van der Waals surface area contributed by atoms with Crippen molar-refractivity contribution in [2.24, 2.45) is 0 Å². The van der Waals surface area contributed by atoms with Crippen molar-refractivity contribution in [3.8, 4) is 0 Å². The molecule has 0 fully saturated rings. The zero-order valence-corrected chi connectivity index (χ0v) is 9.84. The number of carboxylic acids is 1. The molecule has 1 aromatic carbocycles. The molecule has 19 heavy (non-hydrogen) atoms. The molecule has 5 heteroatoms. The standard InChI is InChI=1S/C14H10FNO3/c15-11-2-1-9-3-5-16(12(9)7-11)8-10-4-6-19-13(10)14(17)18/h1-7H,8H2,(H,17,18). The van der Waals surface area contributed by atoms with E-state index in [4.69, 9.17) is 9.52 Å². The summed E-state index contributed by atoms with van der Waals surface area (Å²) in [6.07, 6.45) is 3.13. The predicted molar refractivity (Wildman–Crippen MR) is 66.7 cm³/mol. The number of halogens is 1. The van der Waals surface area contributed by atoms with Crippen molar-refractivity contribution in [1.82, 2.24) is 4.57 Å². The first-order chi connectivity index (χ1) is 9.15. The summed E-state index contributed by atoms with van der Waals surface area (Å²) in [5.41, 5.74) is 1.27. The van der Waals surface area contributed by atoms with E-state index in [2.05, 4.69) is 0 Å². The molecule has 0 aliphatic carbocycles. The lowest BCUT2D eigenvalue weighted by Gasteiger charge is -2.04. The highest BCUT2D eigenvalue weighted by molar-refractivity contribution is 5.86. The molecule has 0 aliphatic heterocycles. The molecule has 3 rings (SSSR count). The van der Waals surface area contributed by atoms with E-state index in [-0.39, 0.29) is 11.6 Å². The van der Waals surface area contributed by atoms with Gasteiger partial charge in [-0.3, -0.25) is 0 Å². The molecule has 0 saturated heterocycles. The van der Waals surface area contributed by atoms with Crippen molar-refractivity contribution >= 4 is 16.9 Å². The summed E-state index contributed by atoms with van der Waals surface area (Å²) in [4.78, 5) is 11.0. The van der Waals surface area contributed by atoms with Gasteiger partial charge in [0, 0.05) is 11.8 Å². The maximum absolute atomic E-state index is 13.3. The van der Waals surface area contributed by atoms with Gasteiger partial charge in [-0.25, -0.2) is 9.18 Å². The van der Waals surface area contributed by atoms with Gasteiger partial charge in [-0.05, 0) is 35.7 Å². The van der Waals surface area contributed by atoms with Gasteiger partial charge >= 0.3 is 5.97 Å². The van der Waals surface area contributed by atoms with E-state index in [1.807, 2.05) is 6.07 Å². The van der Waals surface area contributed by atoms with Gasteiger partial charge in [0.2, 0.25) is 5.76 Å². The number of furan rings is 1. The molecular formula is C14H10FNO3. The minimum Gasteiger partial charge on any atom is -0.475 e. The number of hydrogen-bond acceptors (Lipinski definition) is 2. The van der Waals surface area contributed by atoms with Crippen LogP contribution < -0.4 is 0 Å². The van der Waals surface area contributed by atoms with Crippen molar-refractivity contribution in [2.75, 3.05) is 0 Å². The van der Waals surface area contributed by atoms with Gasteiger partial charge < -0.3 is 14.1 Å². The third kappa shape index (κ3) is 1.99. The highest BCUT2D eigenvalue weighted by Crippen LogP contribution is 2.20. The van der Waals surface area contributed by atoms with E-state index in [0.717, 1.165) is 10.9 Å². The summed E-state index contributed by atoms with van der Waals surface area (Å²) < 4.78 is 20.0. The van der Waals surface area contributed by atoms with E-state index in [1.54, 1.807) is 22.9 Å². The summed E-state index contributed by atoms with van der Waals surface area (Å²) in [5, 5.41) is 9.88. The molecule has 0 amide bonds. The van der Waals surface area contributed by atoms with Gasteiger partial charge in [-0.2, -0.15) is 0 Å². The van der Waals surface area contributed by atoms with Crippen LogP contribution in [0.5, 0.6) is 0 Å². The smallest absolute Gasteiger partial charge is 0.372 e. The number of benzene rings is 1. The zero-order chi connectivity index (χ0) is 13.4. The van der Waals surface area contributed by atoms with Crippen LogP contribution in [0.3, 0.4) is 0 Å². The van der Waals surface area contributed by atoms with Gasteiger partial charge in [-0.1, -0.05) is 0 Å². The molecule has 0 unspecified atom stereocenters. The predicted octanol–water partition coefficient (Wildman–Crippen LogP) is 3.12. The highest BCUT2D eigenvalue weighted by Gasteiger charge is 2.14. The zero-order valence-electron chi connectivity index (χ0n) is 9.84. The summed E-state index contributed by atoms with van der Waals surface area (Å²) in [7, 11) is 0. The van der Waals surface area contributed by atoms with E-state index in [1.165, 1.54) is 18.4 Å². The number of rotatable bonds is 3. The van der Waals surface area contributed by atoms with Crippen molar-refractivity contribution in [3.63, 3.8) is 0 Å². The van der Waals surface area contributed by atoms with Gasteiger partial charge in [0.05, 0.1) is 18.3 Å². The number of aromatic carboxylic acids is 1. The second-order valence-electron chi connectivity index (χ2n) is 4.23. The van der Waals surface area contributed by atoms with Crippen LogP contribution in [0.25, 0.3) is 10.9 Å². The Morgan fingerprint density at radius 1 is 1.32 bits per heavy atom. The molecule has 1 N–H and O–H groups in total. The van der Waals surface area contributed by atoms with Crippen LogP contribution in [0.15, 0.2) is 47.2 Å². The van der Waals surface area contributed by atoms with E-state index < -0.39 is 5.97 Å². The van der Waals surface area contributed by atoms with E-state index in [9.17, 15) is 9.18 Å². The number of hydrogen-bond donors (Lipinski definition) is 1. The van der Waals surface area contributed by atoms with Crippen molar-refractivity contribution in [1.29, 1.82) is 0 Å². The minimum absolute atomic E-state index is 0.0850. The molecule has 0 aliphatic rings. The number of aromatic nitrogens is 1. The van der Waals surface area contributed by atoms with Crippen LogP contribution in [0.1, 0.15) is 16.1 Å². The molecule has 2 heterocycles. The van der Waals surface area contributed by atoms with E-state index in [0.29, 0.717) is 12.1 Å². The fourth-order valence-electron chi connectivity index (χ4n) is 2.13. The Hall–Kier alpha value is -2.56. The highest BCUT2D eigenvalue weighted by atomic mass is 19.1. The molecule has 4 nitrogen and oxygen atoms in total. The Labute approximate surface area is 107 Å². The molecular weight excluding hydrogens is 249 g/mol. The average Bonchev–Trinajstić information content (AvgIpc) is 2.97. The summed E-state index contributed by atoms with van der Waals surface area (Å²) in [6.45, 7) is 0.324. The number of nitrogens with zero attached hydrogens (tertiary/aromatic N) is 1. The normalized spacial score (nSPS) is 11.0. The third-order valence-electron chi connectivity index (χ3n) is 3.02. The molecule has 2 aromatic heterocycles. The summed E-state index contributed by atoms with van der Waals surface area (Å²) >= 11 is 0. The topological polar surface area (TPSA) is 55.4 Å². The lowest BCUT2D eigenvalue weighted by Crippen LogP contribution is -2.03. The van der Waals surface area contributed by atoms with Gasteiger partial charge in [-0.15, -0.1) is 0 Å². The average molecular weight is 259 g/mol. The molecule has 0 bridgehead atoms. The van der Waals surface area contributed by atoms with Crippen LogP contribution in [0.4, 0.5) is 4.39 Å². The molecule has 0 radical (unpaired) electrons. The second kappa shape index (κ2) is 4.28. The number of carboxylic acid groups (broad SMARTS) is 1. The lowest BCUT2D eigenvalue weighted by molar-refractivity contribution is 0.0660. The van der Waals surface area contributed by atoms with Gasteiger partial charge in [0.15, 0.2) is 0 Å². The van der Waals surface area contributed by atoms with Crippen LogP contribution in [-0.4, -0.2) is 15.6 Å². The molecule has 0 atom stereocenters. The monoisotopic (exact) mass is 259 g/mol. The Bertz CT molecular complexity index is 757. The van der Waals surface area contributed by atoms with Gasteiger partial charge in [0.1, 0.15) is 5.82 Å². The summed E-state index contributed by atoms with van der Waals surface area (Å²) in [5.74, 6) is -1.51. The van der Waals surface area contributed by atoms with Gasteiger partial charge in [0.25, 0.3) is 0 Å². The molecule has 3 aromatic rings. The Balaban J connectivity index is 2.03. The quantitative estimate of drug-likeness (QED) is 0.786.